The second-order valence-corrected chi connectivity index (χ2v) is 4.96. The highest BCUT2D eigenvalue weighted by Crippen LogP contribution is 2.19. The van der Waals surface area contributed by atoms with Crippen LogP contribution in [-0.2, 0) is 4.74 Å². The minimum Gasteiger partial charge on any atom is -0.394 e. The highest BCUT2D eigenvalue weighted by atomic mass is 19.4. The van der Waals surface area contributed by atoms with E-state index in [1.807, 2.05) is 13.8 Å². The molecule has 0 aliphatic heterocycles. The van der Waals surface area contributed by atoms with Crippen LogP contribution in [0.3, 0.4) is 0 Å². The van der Waals surface area contributed by atoms with Crippen LogP contribution in [0.15, 0.2) is 0 Å². The minimum atomic E-state index is -4.31. The van der Waals surface area contributed by atoms with Crippen molar-refractivity contribution in [2.24, 2.45) is 0 Å². The lowest BCUT2D eigenvalue weighted by molar-refractivity contribution is -0.185. The molecule has 17 heavy (non-hydrogen) atoms. The van der Waals surface area contributed by atoms with Crippen molar-refractivity contribution in [2.45, 2.75) is 58.0 Å². The molecule has 3 nitrogen and oxygen atoms in total. The first-order valence-electron chi connectivity index (χ1n) is 5.65. The Kier molecular flexibility index (Phi) is 6.43. The van der Waals surface area contributed by atoms with Crippen molar-refractivity contribution >= 4 is 0 Å². The van der Waals surface area contributed by atoms with Crippen molar-refractivity contribution < 1.29 is 23.0 Å². The van der Waals surface area contributed by atoms with Gasteiger partial charge < -0.3 is 15.2 Å². The molecule has 0 amide bonds. The van der Waals surface area contributed by atoms with E-state index in [0.717, 1.165) is 0 Å². The van der Waals surface area contributed by atoms with Gasteiger partial charge >= 0.3 is 6.18 Å². The van der Waals surface area contributed by atoms with Gasteiger partial charge in [-0.1, -0.05) is 13.8 Å². The van der Waals surface area contributed by atoms with Crippen LogP contribution in [0, 0.1) is 0 Å². The summed E-state index contributed by atoms with van der Waals surface area (Å²) in [6, 6.07) is 0.141. The van der Waals surface area contributed by atoms with Gasteiger partial charge in [-0.3, -0.25) is 0 Å². The molecule has 0 aliphatic carbocycles. The van der Waals surface area contributed by atoms with Crippen molar-refractivity contribution in [3.05, 3.63) is 0 Å². The first-order chi connectivity index (χ1) is 7.58. The third-order valence-electron chi connectivity index (χ3n) is 2.26. The van der Waals surface area contributed by atoms with Crippen LogP contribution in [0.5, 0.6) is 0 Å². The maximum Gasteiger partial charge on any atom is 0.411 e. The molecule has 0 fully saturated rings. The summed E-state index contributed by atoms with van der Waals surface area (Å²) in [5, 5.41) is 12.4. The predicted molar refractivity (Wildman–Crippen MR) is 59.8 cm³/mol. The molecule has 0 saturated heterocycles. The summed E-state index contributed by atoms with van der Waals surface area (Å²) in [6.07, 6.45) is -4.56. The number of aliphatic hydroxyl groups is 1. The Bertz CT molecular complexity index is 221. The van der Waals surface area contributed by atoms with Gasteiger partial charge in [0.2, 0.25) is 0 Å². The lowest BCUT2D eigenvalue weighted by atomic mass is 9.95. The molecule has 0 aliphatic rings. The Balaban J connectivity index is 4.18. The number of hydrogen-bond donors (Lipinski definition) is 2. The summed E-state index contributed by atoms with van der Waals surface area (Å²) in [5.41, 5.74) is -0.626. The molecule has 6 heteroatoms. The Morgan fingerprint density at radius 3 is 2.12 bits per heavy atom. The van der Waals surface area contributed by atoms with Gasteiger partial charge in [-0.05, 0) is 20.3 Å². The zero-order valence-corrected chi connectivity index (χ0v) is 10.8. The molecule has 0 rings (SSSR count). The molecular weight excluding hydrogens is 235 g/mol. The Morgan fingerprint density at radius 2 is 1.76 bits per heavy atom. The van der Waals surface area contributed by atoms with E-state index >= 15 is 0 Å². The molecule has 104 valence electrons. The van der Waals surface area contributed by atoms with Gasteiger partial charge in [0.25, 0.3) is 0 Å². The van der Waals surface area contributed by atoms with E-state index in [-0.39, 0.29) is 12.6 Å². The fourth-order valence-corrected chi connectivity index (χ4v) is 1.80. The van der Waals surface area contributed by atoms with Gasteiger partial charge in [0, 0.05) is 11.6 Å². The molecule has 2 N–H and O–H groups in total. The fourth-order valence-electron chi connectivity index (χ4n) is 1.80. The van der Waals surface area contributed by atoms with Crippen LogP contribution < -0.4 is 5.32 Å². The molecule has 0 aromatic carbocycles. The molecule has 0 bridgehead atoms. The molecule has 2 unspecified atom stereocenters. The second kappa shape index (κ2) is 6.56. The quantitative estimate of drug-likeness (QED) is 0.734. The SMILES string of the molecule is CC(C)NC(C)(CO)CC(C)OCC(F)(F)F. The molecule has 0 radical (unpaired) electrons. The zero-order valence-electron chi connectivity index (χ0n) is 10.8. The van der Waals surface area contributed by atoms with Crippen molar-refractivity contribution in [1.82, 2.24) is 5.32 Å². The molecular formula is C11H22F3NO2. The van der Waals surface area contributed by atoms with Crippen molar-refractivity contribution in [3.63, 3.8) is 0 Å². The van der Waals surface area contributed by atoms with Crippen LogP contribution in [0.2, 0.25) is 0 Å². The number of alkyl halides is 3. The third kappa shape index (κ3) is 8.40. The van der Waals surface area contributed by atoms with Crippen molar-refractivity contribution in [3.8, 4) is 0 Å². The number of nitrogens with one attached hydrogen (secondary N) is 1. The van der Waals surface area contributed by atoms with Crippen LogP contribution in [-0.4, -0.2) is 42.2 Å². The van der Waals surface area contributed by atoms with Crippen LogP contribution >= 0.6 is 0 Å². The Labute approximate surface area is 100 Å². The number of hydrogen-bond acceptors (Lipinski definition) is 3. The second-order valence-electron chi connectivity index (χ2n) is 4.96. The maximum absolute atomic E-state index is 12.0. The summed E-state index contributed by atoms with van der Waals surface area (Å²) in [5.74, 6) is 0. The van der Waals surface area contributed by atoms with E-state index in [1.54, 1.807) is 13.8 Å². The smallest absolute Gasteiger partial charge is 0.394 e. The van der Waals surface area contributed by atoms with Crippen LogP contribution in [0.4, 0.5) is 13.2 Å². The minimum absolute atomic E-state index is 0.141. The molecule has 2 atom stereocenters. The van der Waals surface area contributed by atoms with E-state index in [9.17, 15) is 18.3 Å². The van der Waals surface area contributed by atoms with E-state index in [0.29, 0.717) is 6.42 Å². The van der Waals surface area contributed by atoms with Crippen molar-refractivity contribution in [1.29, 1.82) is 0 Å². The maximum atomic E-state index is 12.0. The summed E-state index contributed by atoms with van der Waals surface area (Å²) >= 11 is 0. The predicted octanol–water partition coefficient (Wildman–Crippen LogP) is 2.09. The largest absolute Gasteiger partial charge is 0.411 e. The Morgan fingerprint density at radius 1 is 1.24 bits per heavy atom. The summed E-state index contributed by atoms with van der Waals surface area (Å²) in [6.45, 7) is 5.76. The van der Waals surface area contributed by atoms with Crippen molar-refractivity contribution in [2.75, 3.05) is 13.2 Å². The standard InChI is InChI=1S/C11H22F3NO2/c1-8(2)15-10(4,6-16)5-9(3)17-7-11(12,13)14/h8-9,15-16H,5-7H2,1-4H3. The zero-order chi connectivity index (χ0) is 13.7. The van der Waals surface area contributed by atoms with Gasteiger partial charge in [0.05, 0.1) is 12.7 Å². The number of aliphatic hydroxyl groups excluding tert-OH is 1. The van der Waals surface area contributed by atoms with Gasteiger partial charge in [0.15, 0.2) is 0 Å². The number of ether oxygens (including phenoxy) is 1. The lowest BCUT2D eigenvalue weighted by Gasteiger charge is -2.33. The number of rotatable bonds is 7. The summed E-state index contributed by atoms with van der Waals surface area (Å²) < 4.78 is 40.6. The molecule has 0 aromatic heterocycles. The molecule has 0 aromatic rings. The average Bonchev–Trinajstić information content (AvgIpc) is 2.12. The van der Waals surface area contributed by atoms with Gasteiger partial charge in [-0.25, -0.2) is 0 Å². The lowest BCUT2D eigenvalue weighted by Crippen LogP contribution is -2.51. The summed E-state index contributed by atoms with van der Waals surface area (Å²) in [4.78, 5) is 0. The summed E-state index contributed by atoms with van der Waals surface area (Å²) in [7, 11) is 0. The highest BCUT2D eigenvalue weighted by molar-refractivity contribution is 4.86. The number of halogens is 3. The monoisotopic (exact) mass is 257 g/mol. The average molecular weight is 257 g/mol. The first-order valence-corrected chi connectivity index (χ1v) is 5.65. The van der Waals surface area contributed by atoms with Gasteiger partial charge in [-0.15, -0.1) is 0 Å². The molecule has 0 spiro atoms. The van der Waals surface area contributed by atoms with Crippen LogP contribution in [0.1, 0.15) is 34.1 Å². The van der Waals surface area contributed by atoms with E-state index < -0.39 is 24.4 Å². The van der Waals surface area contributed by atoms with Gasteiger partial charge in [0.1, 0.15) is 6.61 Å². The van der Waals surface area contributed by atoms with E-state index in [4.69, 9.17) is 4.74 Å². The van der Waals surface area contributed by atoms with Gasteiger partial charge in [-0.2, -0.15) is 13.2 Å². The van der Waals surface area contributed by atoms with E-state index in [2.05, 4.69) is 5.32 Å². The third-order valence-corrected chi connectivity index (χ3v) is 2.26. The molecule has 0 saturated carbocycles. The highest BCUT2D eigenvalue weighted by Gasteiger charge is 2.31. The molecule has 0 heterocycles. The first kappa shape index (κ1) is 16.7. The fraction of sp³-hybridized carbons (Fsp3) is 1.00. The van der Waals surface area contributed by atoms with E-state index in [1.165, 1.54) is 0 Å². The Hall–Kier alpha value is -0.330. The topological polar surface area (TPSA) is 41.5 Å². The normalized spacial score (nSPS) is 18.2. The van der Waals surface area contributed by atoms with Crippen LogP contribution in [0.25, 0.3) is 0 Å².